The third-order valence-corrected chi connectivity index (χ3v) is 8.85. The number of hydrogen-bond donors (Lipinski definition) is 6. The fraction of sp³-hybridized carbons (Fsp3) is 0.682. The third-order valence-electron chi connectivity index (χ3n) is 7.34. The van der Waals surface area contributed by atoms with E-state index in [0.29, 0.717) is 31.0 Å². The number of nitrogens with two attached hydrogens (primary N) is 3. The van der Waals surface area contributed by atoms with Crippen LogP contribution in [0.4, 0.5) is 0 Å². The van der Waals surface area contributed by atoms with Crippen molar-refractivity contribution in [3.05, 3.63) is 10.6 Å². The van der Waals surface area contributed by atoms with E-state index >= 15 is 0 Å². The highest BCUT2D eigenvalue weighted by atomic mass is 32.2. The van der Waals surface area contributed by atoms with Crippen LogP contribution >= 0.6 is 11.8 Å². The maximum atomic E-state index is 13.0. The third kappa shape index (κ3) is 4.89. The first kappa shape index (κ1) is 26.2. The topological polar surface area (TPSA) is 209 Å². The molecule has 0 bridgehead atoms. The van der Waals surface area contributed by atoms with Gasteiger partial charge in [-0.05, 0) is 19.8 Å². The molecule has 0 saturated carbocycles. The lowest BCUT2D eigenvalue weighted by atomic mass is 9.78. The van der Waals surface area contributed by atoms with Gasteiger partial charge < -0.3 is 42.7 Å². The van der Waals surface area contributed by atoms with Crippen LogP contribution in [0.3, 0.4) is 0 Å². The number of carbonyl (C=O) groups excluding carboxylic acids is 3. The van der Waals surface area contributed by atoms with E-state index in [-0.39, 0.29) is 59.3 Å². The van der Waals surface area contributed by atoms with Crippen LogP contribution < -0.4 is 27.8 Å². The summed E-state index contributed by atoms with van der Waals surface area (Å²) in [5.41, 5.74) is 16.5. The van der Waals surface area contributed by atoms with Crippen molar-refractivity contribution in [2.45, 2.75) is 56.1 Å². The lowest BCUT2D eigenvalue weighted by molar-refractivity contribution is -0.158. The molecule has 14 heteroatoms. The fourth-order valence-corrected chi connectivity index (χ4v) is 7.10. The first-order chi connectivity index (χ1) is 17.0. The molecular formula is C22H34N8O5S. The number of likely N-dealkylation sites (tertiary alicyclic amines) is 1. The summed E-state index contributed by atoms with van der Waals surface area (Å²) >= 11 is 1.43. The first-order valence-corrected chi connectivity index (χ1v) is 13.0. The molecule has 1 unspecified atom stereocenters. The van der Waals surface area contributed by atoms with Gasteiger partial charge in [-0.1, -0.05) is 6.92 Å². The molecule has 9 N–H and O–H groups in total. The molecular weight excluding hydrogens is 488 g/mol. The SMILES string of the molecule is C[C@@H](NC(=O)CN=C(N)N)[C@H]1C(=O)N2C(C(=O)O)=C(S[C@@H]3CN[C@H](C(=O)N4CCC(N)C4)C3)[C@H](C)[C@H]12. The number of fused-ring (bicyclic) bond motifs is 1. The normalized spacial score (nSPS) is 32.2. The van der Waals surface area contributed by atoms with Crippen LogP contribution in [-0.4, -0.2) is 100 Å². The molecule has 0 spiro atoms. The molecule has 0 aliphatic carbocycles. The molecule has 0 aromatic heterocycles. The van der Waals surface area contributed by atoms with Crippen LogP contribution in [0, 0.1) is 11.8 Å². The Balaban J connectivity index is 1.41. The Labute approximate surface area is 213 Å². The monoisotopic (exact) mass is 522 g/mol. The second kappa shape index (κ2) is 10.3. The van der Waals surface area contributed by atoms with Gasteiger partial charge in [-0.25, -0.2) is 9.79 Å². The number of carboxylic acids is 1. The van der Waals surface area contributed by atoms with Gasteiger partial charge in [0.15, 0.2) is 5.96 Å². The molecule has 0 aromatic carbocycles. The standard InChI is InChI=1S/C22H34N8O5S/c1-9-16-15(10(2)28-14(31)7-27-22(24)25)20(33)30(16)17(21(34)35)18(9)36-12-5-13(26-6-12)19(32)29-4-3-11(23)8-29/h9-13,15-16,26H,3-8,23H2,1-2H3,(H,28,31)(H,34,35)(H4,24,25,27)/t9-,10-,11?,12+,13+,15-,16-/m1/s1. The highest BCUT2D eigenvalue weighted by Crippen LogP contribution is 2.51. The molecule has 4 aliphatic rings. The average Bonchev–Trinajstić information content (AvgIpc) is 3.50. The summed E-state index contributed by atoms with van der Waals surface area (Å²) in [5, 5.41) is 16.0. The van der Waals surface area contributed by atoms with E-state index in [1.165, 1.54) is 16.7 Å². The molecule has 0 aromatic rings. The minimum atomic E-state index is -1.16. The van der Waals surface area contributed by atoms with E-state index in [2.05, 4.69) is 15.6 Å². The number of guanidine groups is 1. The first-order valence-electron chi connectivity index (χ1n) is 12.1. The minimum absolute atomic E-state index is 0.00178. The van der Waals surface area contributed by atoms with Crippen molar-refractivity contribution in [1.82, 2.24) is 20.4 Å². The number of nitrogens with one attached hydrogen (secondary N) is 2. The Morgan fingerprint density at radius 3 is 2.67 bits per heavy atom. The van der Waals surface area contributed by atoms with Gasteiger partial charge in [-0.3, -0.25) is 14.4 Å². The van der Waals surface area contributed by atoms with E-state index in [1.807, 2.05) is 6.92 Å². The molecule has 7 atom stereocenters. The molecule has 198 valence electrons. The van der Waals surface area contributed by atoms with Crippen molar-refractivity contribution < 1.29 is 24.3 Å². The van der Waals surface area contributed by atoms with Crippen molar-refractivity contribution in [2.24, 2.45) is 34.0 Å². The minimum Gasteiger partial charge on any atom is -0.477 e. The number of aliphatic carboxylic acids is 1. The molecule has 0 radical (unpaired) electrons. The van der Waals surface area contributed by atoms with E-state index in [0.717, 1.165) is 6.42 Å². The number of hydrogen-bond acceptors (Lipinski definition) is 8. The van der Waals surface area contributed by atoms with E-state index in [4.69, 9.17) is 17.2 Å². The van der Waals surface area contributed by atoms with Crippen molar-refractivity contribution in [1.29, 1.82) is 0 Å². The molecule has 4 heterocycles. The quantitative estimate of drug-likeness (QED) is 0.113. The van der Waals surface area contributed by atoms with Gasteiger partial charge in [0.25, 0.3) is 0 Å². The Morgan fingerprint density at radius 1 is 1.33 bits per heavy atom. The van der Waals surface area contributed by atoms with Gasteiger partial charge in [-0.2, -0.15) is 0 Å². The predicted octanol–water partition coefficient (Wildman–Crippen LogP) is -2.44. The van der Waals surface area contributed by atoms with Crippen LogP contribution in [0.25, 0.3) is 0 Å². The van der Waals surface area contributed by atoms with Crippen molar-refractivity contribution in [3.63, 3.8) is 0 Å². The summed E-state index contributed by atoms with van der Waals surface area (Å²) in [5.74, 6) is -2.90. The molecule has 36 heavy (non-hydrogen) atoms. The Kier molecular flexibility index (Phi) is 7.48. The number of β-lactam (4-membered cyclic amide) rings is 1. The zero-order chi connectivity index (χ0) is 26.3. The molecule has 3 saturated heterocycles. The van der Waals surface area contributed by atoms with Crippen LogP contribution in [0.2, 0.25) is 0 Å². The second-order valence-electron chi connectivity index (χ2n) is 9.90. The number of rotatable bonds is 8. The number of thioether (sulfide) groups is 1. The summed E-state index contributed by atoms with van der Waals surface area (Å²) in [4.78, 5) is 57.6. The van der Waals surface area contributed by atoms with Crippen LogP contribution in [0.15, 0.2) is 15.6 Å². The largest absolute Gasteiger partial charge is 0.477 e. The van der Waals surface area contributed by atoms with Crippen molar-refractivity contribution >= 4 is 41.4 Å². The van der Waals surface area contributed by atoms with Crippen LogP contribution in [0.1, 0.15) is 26.7 Å². The number of nitrogens with zero attached hydrogens (tertiary/aromatic N) is 3. The number of aliphatic imine (C=N–C) groups is 1. The van der Waals surface area contributed by atoms with Crippen molar-refractivity contribution in [3.8, 4) is 0 Å². The summed E-state index contributed by atoms with van der Waals surface area (Å²) in [6, 6.07) is -1.21. The molecule has 3 fully saturated rings. The van der Waals surface area contributed by atoms with Gasteiger partial charge >= 0.3 is 5.97 Å². The zero-order valence-electron chi connectivity index (χ0n) is 20.3. The van der Waals surface area contributed by atoms with E-state index in [1.54, 1.807) is 11.8 Å². The summed E-state index contributed by atoms with van der Waals surface area (Å²) in [6.07, 6.45) is 1.36. The van der Waals surface area contributed by atoms with Crippen molar-refractivity contribution in [2.75, 3.05) is 26.2 Å². The Morgan fingerprint density at radius 2 is 2.06 bits per heavy atom. The maximum Gasteiger partial charge on any atom is 0.353 e. The molecule has 4 rings (SSSR count). The predicted molar refractivity (Wildman–Crippen MR) is 133 cm³/mol. The molecule has 13 nitrogen and oxygen atoms in total. The smallest absolute Gasteiger partial charge is 0.353 e. The van der Waals surface area contributed by atoms with Gasteiger partial charge in [0, 0.05) is 47.8 Å². The lowest BCUT2D eigenvalue weighted by Gasteiger charge is -2.47. The summed E-state index contributed by atoms with van der Waals surface area (Å²) < 4.78 is 0. The van der Waals surface area contributed by atoms with Crippen LogP contribution in [-0.2, 0) is 19.2 Å². The van der Waals surface area contributed by atoms with Crippen LogP contribution in [0.5, 0.6) is 0 Å². The summed E-state index contributed by atoms with van der Waals surface area (Å²) in [7, 11) is 0. The van der Waals surface area contributed by atoms with Gasteiger partial charge in [0.1, 0.15) is 12.2 Å². The average molecular weight is 523 g/mol. The van der Waals surface area contributed by atoms with Gasteiger partial charge in [0.05, 0.1) is 18.0 Å². The number of amides is 3. The Hall–Kier alpha value is -2.84. The van der Waals surface area contributed by atoms with Gasteiger partial charge in [-0.15, -0.1) is 11.8 Å². The van der Waals surface area contributed by atoms with E-state index in [9.17, 15) is 24.3 Å². The highest BCUT2D eigenvalue weighted by molar-refractivity contribution is 8.03. The summed E-state index contributed by atoms with van der Waals surface area (Å²) in [6.45, 7) is 5.13. The molecule has 4 aliphatic heterocycles. The number of carboxylic acid groups (broad SMARTS) is 1. The second-order valence-corrected chi connectivity index (χ2v) is 11.2. The number of carbonyl (C=O) groups is 4. The lowest BCUT2D eigenvalue weighted by Crippen LogP contribution is -2.66. The zero-order valence-corrected chi connectivity index (χ0v) is 21.2. The van der Waals surface area contributed by atoms with Gasteiger partial charge in [0.2, 0.25) is 17.7 Å². The maximum absolute atomic E-state index is 13.0. The highest BCUT2D eigenvalue weighted by Gasteiger charge is 2.60. The van der Waals surface area contributed by atoms with E-state index < -0.39 is 23.8 Å². The molecule has 3 amide bonds. The Bertz CT molecular complexity index is 1010. The fourth-order valence-electron chi connectivity index (χ4n) is 5.62.